The van der Waals surface area contributed by atoms with E-state index in [1.54, 1.807) is 21.9 Å². The van der Waals surface area contributed by atoms with Crippen LogP contribution >= 0.6 is 0 Å². The van der Waals surface area contributed by atoms with Crippen LogP contribution in [0, 0.1) is 0 Å². The van der Waals surface area contributed by atoms with Gasteiger partial charge in [0, 0.05) is 31.1 Å². The summed E-state index contributed by atoms with van der Waals surface area (Å²) in [5.74, 6) is 1.23. The van der Waals surface area contributed by atoms with Gasteiger partial charge < -0.3 is 30.6 Å². The fraction of sp³-hybridized carbons (Fsp3) is 0.400. The van der Waals surface area contributed by atoms with Gasteiger partial charge in [-0.05, 0) is 43.7 Å². The number of fused-ring (bicyclic) bond motifs is 1. The number of nitrogens with one attached hydrogen (secondary N) is 2. The first-order valence-electron chi connectivity index (χ1n) is 16.9. The lowest BCUT2D eigenvalue weighted by Crippen LogP contribution is -2.34. The Bertz CT molecular complexity index is 1840. The summed E-state index contributed by atoms with van der Waals surface area (Å²) in [5, 5.41) is 11.6. The van der Waals surface area contributed by atoms with Gasteiger partial charge in [0.2, 0.25) is 5.95 Å². The molecule has 7 rings (SSSR count). The van der Waals surface area contributed by atoms with Gasteiger partial charge in [-0.1, -0.05) is 60.7 Å². The average Bonchev–Trinajstić information content (AvgIpc) is 3.88. The fourth-order valence-corrected chi connectivity index (χ4v) is 6.82. The molecule has 260 valence electrons. The van der Waals surface area contributed by atoms with E-state index in [0.29, 0.717) is 49.0 Å². The van der Waals surface area contributed by atoms with Gasteiger partial charge in [0.05, 0.1) is 6.33 Å². The van der Waals surface area contributed by atoms with Crippen molar-refractivity contribution in [3.63, 3.8) is 0 Å². The third kappa shape index (κ3) is 6.87. The Morgan fingerprint density at radius 3 is 2.24 bits per heavy atom. The summed E-state index contributed by atoms with van der Waals surface area (Å²) in [4.78, 5) is 42.4. The molecule has 1 saturated heterocycles. The third-order valence-electron chi connectivity index (χ3n) is 9.43. The van der Waals surface area contributed by atoms with Crippen molar-refractivity contribution >= 4 is 35.9 Å². The van der Waals surface area contributed by atoms with Crippen molar-refractivity contribution in [2.75, 3.05) is 17.2 Å². The second-order valence-electron chi connectivity index (χ2n) is 12.5. The molecule has 2 aliphatic rings. The first-order valence-corrected chi connectivity index (χ1v) is 16.9. The lowest BCUT2D eigenvalue weighted by molar-refractivity contribution is -0.151. The van der Waals surface area contributed by atoms with Crippen molar-refractivity contribution in [2.45, 2.75) is 81.7 Å². The molecule has 0 bridgehead atoms. The molecule has 4 atom stereocenters. The predicted octanol–water partition coefficient (Wildman–Crippen LogP) is 3.72. The highest BCUT2D eigenvalue weighted by molar-refractivity contribution is 5.84. The standard InChI is InChI=1S/C35H40N10O5/c1-2-44-18-39-32(43-44)29-28(48-20-46)30(49-21-47)34(50-29)45-19-38-27-31(41-35(42-33(27)45)40-25-15-13-24(36)14-16-25)37-17-26(22-9-5-3-6-10-22)23-11-7-4-8-12-23/h3-12,18-21,24-26,28-30,34H,2,13-17,36H2,1H3,(H2,37,40,41,42)/t24?,25?,28-,29-,30+,34+/m0/s1. The fourth-order valence-electron chi connectivity index (χ4n) is 6.82. The second kappa shape index (κ2) is 15.0. The van der Waals surface area contributed by atoms with E-state index >= 15 is 0 Å². The van der Waals surface area contributed by atoms with Crippen molar-refractivity contribution in [3.05, 3.63) is 90.3 Å². The summed E-state index contributed by atoms with van der Waals surface area (Å²) in [6.07, 6.45) is 2.70. The molecule has 4 heterocycles. The Morgan fingerprint density at radius 1 is 0.920 bits per heavy atom. The summed E-state index contributed by atoms with van der Waals surface area (Å²) in [6.45, 7) is 3.62. The first kappa shape index (κ1) is 33.1. The van der Waals surface area contributed by atoms with Gasteiger partial charge in [-0.25, -0.2) is 9.97 Å². The number of carbonyl (C=O) groups is 2. The van der Waals surface area contributed by atoms with E-state index in [-0.39, 0.29) is 23.8 Å². The molecule has 0 unspecified atom stereocenters. The molecule has 2 aromatic carbocycles. The topological polar surface area (TPSA) is 186 Å². The number of hydrogen-bond donors (Lipinski definition) is 3. The van der Waals surface area contributed by atoms with Crippen molar-refractivity contribution in [1.29, 1.82) is 0 Å². The lowest BCUT2D eigenvalue weighted by atomic mass is 9.91. The Balaban J connectivity index is 1.27. The summed E-state index contributed by atoms with van der Waals surface area (Å²) in [7, 11) is 0. The molecule has 15 heteroatoms. The summed E-state index contributed by atoms with van der Waals surface area (Å²) >= 11 is 0. The van der Waals surface area contributed by atoms with Crippen LogP contribution in [0.5, 0.6) is 0 Å². The molecule has 0 amide bonds. The Kier molecular flexibility index (Phi) is 9.93. The van der Waals surface area contributed by atoms with Crippen LogP contribution in [-0.4, -0.2) is 78.1 Å². The molecule has 4 N–H and O–H groups in total. The van der Waals surface area contributed by atoms with E-state index in [1.807, 2.05) is 43.3 Å². The number of nitrogens with zero attached hydrogens (tertiary/aromatic N) is 7. The SMILES string of the molecule is CCn1cnc([C@H]2O[C@@H](n3cnc4c(NCC(c5ccccc5)c5ccccc5)nc(NC5CCC(N)CC5)nc43)[C@H](OC=O)[C@H]2OC=O)n1. The summed E-state index contributed by atoms with van der Waals surface area (Å²) < 4.78 is 20.7. The number of aryl methyl sites for hydroxylation is 1. The highest BCUT2D eigenvalue weighted by Gasteiger charge is 2.52. The monoisotopic (exact) mass is 680 g/mol. The smallest absolute Gasteiger partial charge is 0.293 e. The number of imidazole rings is 1. The number of ether oxygens (including phenoxy) is 3. The number of aromatic nitrogens is 7. The third-order valence-corrected chi connectivity index (χ3v) is 9.43. The van der Waals surface area contributed by atoms with Crippen LogP contribution in [0.3, 0.4) is 0 Å². The quantitative estimate of drug-likeness (QED) is 0.144. The van der Waals surface area contributed by atoms with Gasteiger partial charge in [-0.2, -0.15) is 15.1 Å². The Hall–Kier alpha value is -5.41. The van der Waals surface area contributed by atoms with Gasteiger partial charge >= 0.3 is 0 Å². The minimum Gasteiger partial charge on any atom is -0.457 e. The van der Waals surface area contributed by atoms with E-state index in [1.165, 1.54) is 0 Å². The first-order chi connectivity index (χ1) is 24.6. The van der Waals surface area contributed by atoms with Crippen LogP contribution < -0.4 is 16.4 Å². The van der Waals surface area contributed by atoms with Crippen molar-refractivity contribution in [1.82, 2.24) is 34.3 Å². The highest BCUT2D eigenvalue weighted by Crippen LogP contribution is 2.42. The minimum atomic E-state index is -1.06. The molecule has 0 spiro atoms. The molecular weight excluding hydrogens is 640 g/mol. The van der Waals surface area contributed by atoms with Crippen molar-refractivity contribution < 1.29 is 23.8 Å². The summed E-state index contributed by atoms with van der Waals surface area (Å²) in [6, 6.07) is 20.9. The van der Waals surface area contributed by atoms with Gasteiger partial charge in [-0.3, -0.25) is 18.8 Å². The van der Waals surface area contributed by atoms with E-state index in [9.17, 15) is 9.59 Å². The zero-order valence-electron chi connectivity index (χ0n) is 27.6. The number of nitrogens with two attached hydrogens (primary N) is 1. The number of anilines is 2. The second-order valence-corrected chi connectivity index (χ2v) is 12.5. The van der Waals surface area contributed by atoms with Crippen LogP contribution in [0.2, 0.25) is 0 Å². The van der Waals surface area contributed by atoms with Crippen molar-refractivity contribution in [3.8, 4) is 0 Å². The van der Waals surface area contributed by atoms with E-state index in [4.69, 9.17) is 34.9 Å². The zero-order chi connectivity index (χ0) is 34.5. The van der Waals surface area contributed by atoms with Crippen LogP contribution in [0.25, 0.3) is 11.2 Å². The lowest BCUT2D eigenvalue weighted by Gasteiger charge is -2.27. The van der Waals surface area contributed by atoms with Gasteiger partial charge in [0.1, 0.15) is 6.33 Å². The molecule has 1 aliphatic heterocycles. The maximum Gasteiger partial charge on any atom is 0.293 e. The van der Waals surface area contributed by atoms with Crippen LogP contribution in [0.15, 0.2) is 73.3 Å². The maximum atomic E-state index is 11.8. The Labute approximate surface area is 288 Å². The van der Waals surface area contributed by atoms with E-state index in [0.717, 1.165) is 36.8 Å². The molecule has 1 aliphatic carbocycles. The predicted molar refractivity (Wildman–Crippen MR) is 183 cm³/mol. The molecule has 15 nitrogen and oxygen atoms in total. The molecule has 1 saturated carbocycles. The highest BCUT2D eigenvalue weighted by atomic mass is 16.6. The molecule has 5 aromatic rings. The van der Waals surface area contributed by atoms with Crippen LogP contribution in [0.4, 0.5) is 11.8 Å². The van der Waals surface area contributed by atoms with Gasteiger partial charge in [0.15, 0.2) is 47.3 Å². The van der Waals surface area contributed by atoms with Crippen LogP contribution in [-0.2, 0) is 30.3 Å². The number of hydrogen-bond acceptors (Lipinski definition) is 13. The van der Waals surface area contributed by atoms with E-state index < -0.39 is 24.5 Å². The maximum absolute atomic E-state index is 11.8. The molecule has 2 fully saturated rings. The molecular formula is C35H40N10O5. The number of rotatable bonds is 14. The van der Waals surface area contributed by atoms with Gasteiger partial charge in [-0.15, -0.1) is 0 Å². The average molecular weight is 681 g/mol. The van der Waals surface area contributed by atoms with Crippen LogP contribution in [0.1, 0.15) is 67.8 Å². The largest absolute Gasteiger partial charge is 0.457 e. The van der Waals surface area contributed by atoms with E-state index in [2.05, 4.69) is 45.0 Å². The molecule has 0 radical (unpaired) electrons. The minimum absolute atomic E-state index is 0.0155. The summed E-state index contributed by atoms with van der Waals surface area (Å²) in [5.41, 5.74) is 9.40. The molecule has 50 heavy (non-hydrogen) atoms. The van der Waals surface area contributed by atoms with Gasteiger partial charge in [0.25, 0.3) is 12.9 Å². The molecule has 3 aromatic heterocycles. The number of carbonyl (C=O) groups excluding carboxylic acids is 2. The number of benzene rings is 2. The van der Waals surface area contributed by atoms with Crippen molar-refractivity contribution in [2.24, 2.45) is 5.73 Å². The zero-order valence-corrected chi connectivity index (χ0v) is 27.6. The normalized spacial score (nSPS) is 23.5. The Morgan fingerprint density at radius 2 is 1.60 bits per heavy atom.